The summed E-state index contributed by atoms with van der Waals surface area (Å²) in [5, 5.41) is 2.09. The molecule has 46 heavy (non-hydrogen) atoms. The highest BCUT2D eigenvalue weighted by atomic mass is 32.1. The fourth-order valence-electron chi connectivity index (χ4n) is 5.92. The van der Waals surface area contributed by atoms with Gasteiger partial charge in [0.15, 0.2) is 11.6 Å². The Hall–Kier alpha value is -4.29. The van der Waals surface area contributed by atoms with Gasteiger partial charge in [0.25, 0.3) is 0 Å². The fourth-order valence-corrected chi connectivity index (χ4v) is 7.98. The summed E-state index contributed by atoms with van der Waals surface area (Å²) in [6.07, 6.45) is 10.0. The Labute approximate surface area is 284 Å². The molecule has 2 aromatic carbocycles. The SMILES string of the molecule is C/C=C(\S)c1ccc(C(=C2C=C(C)C(=O)C(C)=C2)c2ccc(C(=C3C=C(C)C(=O)C(C)=C3)c3ccc(-c4cccs4)cc3)s2)cc1. The standard InChI is InChI=1S/C41H34O2S3/c1-6-34(44)28-9-13-30(14-10-28)38(32-20-24(2)40(42)25(3)21-32)36-17-18-37(46-36)39(33-22-26(4)41(43)27(5)23-33)31-15-11-29(12-16-31)35-8-7-19-45-35/h6-23,44H,1-5H3/b34-6-. The number of thiol groups is 1. The lowest BCUT2D eigenvalue weighted by atomic mass is 9.89. The summed E-state index contributed by atoms with van der Waals surface area (Å²) in [6.45, 7) is 9.53. The largest absolute Gasteiger partial charge is 0.289 e. The molecule has 2 aliphatic carbocycles. The number of Topliss-reactive ketones (excluding diaryl/α,β-unsaturated/α-hetero) is 2. The average molecular weight is 655 g/mol. The molecule has 0 bridgehead atoms. The van der Waals surface area contributed by atoms with Crippen molar-refractivity contribution in [1.82, 2.24) is 0 Å². The molecule has 0 aliphatic heterocycles. The van der Waals surface area contributed by atoms with Crippen molar-refractivity contribution in [3.8, 4) is 10.4 Å². The van der Waals surface area contributed by atoms with Gasteiger partial charge in [-0.2, -0.15) is 0 Å². The Kier molecular flexibility index (Phi) is 9.10. The zero-order valence-electron chi connectivity index (χ0n) is 26.5. The van der Waals surface area contributed by atoms with Crippen molar-refractivity contribution in [1.29, 1.82) is 0 Å². The van der Waals surface area contributed by atoms with E-state index in [2.05, 4.69) is 90.8 Å². The molecule has 5 heteroatoms. The predicted molar refractivity (Wildman–Crippen MR) is 200 cm³/mol. The van der Waals surface area contributed by atoms with Crippen LogP contribution in [-0.2, 0) is 9.59 Å². The van der Waals surface area contributed by atoms with Crippen LogP contribution in [0.2, 0.25) is 0 Å². The number of thiophene rings is 2. The van der Waals surface area contributed by atoms with E-state index in [0.29, 0.717) is 0 Å². The summed E-state index contributed by atoms with van der Waals surface area (Å²) in [4.78, 5) is 29.8. The van der Waals surface area contributed by atoms with Crippen LogP contribution < -0.4 is 0 Å². The highest BCUT2D eigenvalue weighted by molar-refractivity contribution is 7.90. The van der Waals surface area contributed by atoms with Crippen LogP contribution in [0.3, 0.4) is 0 Å². The first-order valence-electron chi connectivity index (χ1n) is 15.2. The molecule has 0 saturated heterocycles. The van der Waals surface area contributed by atoms with Gasteiger partial charge in [0.2, 0.25) is 0 Å². The summed E-state index contributed by atoms with van der Waals surface area (Å²) in [5.41, 5.74) is 11.5. The fraction of sp³-hybridized carbons (Fsp3) is 0.122. The Bertz CT molecular complexity index is 2040. The summed E-state index contributed by atoms with van der Waals surface area (Å²) in [6, 6.07) is 25.7. The molecule has 0 spiro atoms. The predicted octanol–water partition coefficient (Wildman–Crippen LogP) is 11.3. The number of ketones is 2. The lowest BCUT2D eigenvalue weighted by molar-refractivity contribution is -0.113. The Balaban J connectivity index is 1.54. The third-order valence-corrected chi connectivity index (χ3v) is 10.9. The first kappa shape index (κ1) is 31.7. The smallest absolute Gasteiger partial charge is 0.184 e. The van der Waals surface area contributed by atoms with Crippen LogP contribution in [0.25, 0.3) is 26.5 Å². The maximum atomic E-state index is 12.7. The number of carbonyl (C=O) groups excluding carboxylic acids is 2. The van der Waals surface area contributed by atoms with Crippen molar-refractivity contribution in [2.75, 3.05) is 0 Å². The van der Waals surface area contributed by atoms with Crippen LogP contribution in [0.4, 0.5) is 0 Å². The summed E-state index contributed by atoms with van der Waals surface area (Å²) < 4.78 is 0. The average Bonchev–Trinajstić information content (AvgIpc) is 3.77. The molecule has 0 fully saturated rings. The molecule has 0 N–H and O–H groups in total. The van der Waals surface area contributed by atoms with Gasteiger partial charge in [0.05, 0.1) is 0 Å². The second kappa shape index (κ2) is 13.2. The van der Waals surface area contributed by atoms with Crippen molar-refractivity contribution >= 4 is 62.9 Å². The van der Waals surface area contributed by atoms with Gasteiger partial charge < -0.3 is 0 Å². The summed E-state index contributed by atoms with van der Waals surface area (Å²) in [7, 11) is 0. The minimum atomic E-state index is 0.0762. The van der Waals surface area contributed by atoms with Crippen LogP contribution in [0, 0.1) is 0 Å². The van der Waals surface area contributed by atoms with Gasteiger partial charge in [0.1, 0.15) is 0 Å². The molecule has 2 aromatic heterocycles. The molecule has 0 radical (unpaired) electrons. The molecule has 4 aromatic rings. The number of hydrogen-bond donors (Lipinski definition) is 1. The van der Waals surface area contributed by atoms with Gasteiger partial charge in [-0.05, 0) is 138 Å². The minimum Gasteiger partial charge on any atom is -0.289 e. The van der Waals surface area contributed by atoms with Gasteiger partial charge in [-0.15, -0.1) is 35.3 Å². The molecule has 0 saturated carbocycles. The van der Waals surface area contributed by atoms with Crippen molar-refractivity contribution in [2.24, 2.45) is 0 Å². The summed E-state index contributed by atoms with van der Waals surface area (Å²) in [5.74, 6) is 0.157. The normalized spacial score (nSPS) is 15.4. The number of rotatable bonds is 6. The maximum absolute atomic E-state index is 12.7. The van der Waals surface area contributed by atoms with Gasteiger partial charge in [0, 0.05) is 30.7 Å². The number of hydrogen-bond acceptors (Lipinski definition) is 5. The second-order valence-electron chi connectivity index (χ2n) is 11.6. The van der Waals surface area contributed by atoms with Crippen molar-refractivity contribution in [3.05, 3.63) is 168 Å². The zero-order chi connectivity index (χ0) is 32.5. The molecule has 228 valence electrons. The van der Waals surface area contributed by atoms with E-state index in [1.807, 2.05) is 65.0 Å². The molecular weight excluding hydrogens is 621 g/mol. The van der Waals surface area contributed by atoms with Crippen LogP contribution in [-0.4, -0.2) is 11.6 Å². The number of carbonyl (C=O) groups is 2. The Morgan fingerprint density at radius 2 is 1.04 bits per heavy atom. The van der Waals surface area contributed by atoms with Crippen LogP contribution >= 0.6 is 35.3 Å². The highest BCUT2D eigenvalue weighted by Crippen LogP contribution is 2.41. The molecule has 6 rings (SSSR count). The number of benzene rings is 2. The van der Waals surface area contributed by atoms with Crippen molar-refractivity contribution in [2.45, 2.75) is 34.6 Å². The molecule has 2 aliphatic rings. The number of allylic oxidation sites excluding steroid dienone is 11. The van der Waals surface area contributed by atoms with E-state index in [0.717, 1.165) is 75.9 Å². The van der Waals surface area contributed by atoms with Gasteiger partial charge >= 0.3 is 0 Å². The van der Waals surface area contributed by atoms with E-state index >= 15 is 0 Å². The first-order chi connectivity index (χ1) is 22.1. The quantitative estimate of drug-likeness (QED) is 0.210. The highest BCUT2D eigenvalue weighted by Gasteiger charge is 2.22. The van der Waals surface area contributed by atoms with Crippen LogP contribution in [0.15, 0.2) is 142 Å². The van der Waals surface area contributed by atoms with E-state index in [4.69, 9.17) is 0 Å². The third kappa shape index (κ3) is 6.23. The van der Waals surface area contributed by atoms with Crippen LogP contribution in [0.5, 0.6) is 0 Å². The van der Waals surface area contributed by atoms with Gasteiger partial charge in [-0.1, -0.05) is 60.7 Å². The van der Waals surface area contributed by atoms with Gasteiger partial charge in [-0.25, -0.2) is 0 Å². The molecule has 2 heterocycles. The maximum Gasteiger partial charge on any atom is 0.184 e. The Morgan fingerprint density at radius 3 is 1.46 bits per heavy atom. The van der Waals surface area contributed by atoms with E-state index in [-0.39, 0.29) is 11.6 Å². The van der Waals surface area contributed by atoms with E-state index < -0.39 is 0 Å². The van der Waals surface area contributed by atoms with E-state index in [1.54, 1.807) is 22.7 Å². The Morgan fingerprint density at radius 1 is 0.609 bits per heavy atom. The zero-order valence-corrected chi connectivity index (χ0v) is 29.0. The van der Waals surface area contributed by atoms with E-state index in [1.165, 1.54) is 10.4 Å². The molecule has 2 nitrogen and oxygen atoms in total. The third-order valence-electron chi connectivity index (χ3n) is 8.32. The molecule has 0 amide bonds. The molecule has 0 atom stereocenters. The lowest BCUT2D eigenvalue weighted by Crippen LogP contribution is -2.07. The van der Waals surface area contributed by atoms with E-state index in [9.17, 15) is 9.59 Å². The molecule has 0 unspecified atom stereocenters. The minimum absolute atomic E-state index is 0.0762. The monoisotopic (exact) mass is 654 g/mol. The summed E-state index contributed by atoms with van der Waals surface area (Å²) >= 11 is 8.07. The molecular formula is C41H34O2S3. The van der Waals surface area contributed by atoms with Gasteiger partial charge in [-0.3, -0.25) is 9.59 Å². The van der Waals surface area contributed by atoms with Crippen LogP contribution in [0.1, 0.15) is 61.1 Å². The lowest BCUT2D eigenvalue weighted by Gasteiger charge is -2.17. The second-order valence-corrected chi connectivity index (χ2v) is 14.1. The topological polar surface area (TPSA) is 34.1 Å². The van der Waals surface area contributed by atoms with Crippen molar-refractivity contribution < 1.29 is 9.59 Å². The van der Waals surface area contributed by atoms with Crippen molar-refractivity contribution in [3.63, 3.8) is 0 Å². The first-order valence-corrected chi connectivity index (χ1v) is 17.3.